The molecule has 2 N–H and O–H groups in total. The zero-order valence-corrected chi connectivity index (χ0v) is 19.1. The summed E-state index contributed by atoms with van der Waals surface area (Å²) in [6, 6.07) is 22.7. The Labute approximate surface area is 193 Å². The Hall–Kier alpha value is -3.64. The van der Waals surface area contributed by atoms with Gasteiger partial charge in [-0.25, -0.2) is 5.10 Å². The third-order valence-corrected chi connectivity index (χ3v) is 6.44. The average molecular weight is 441 g/mol. The van der Waals surface area contributed by atoms with Crippen molar-refractivity contribution >= 4 is 16.5 Å². The van der Waals surface area contributed by atoms with E-state index in [2.05, 4.69) is 70.9 Å². The van der Waals surface area contributed by atoms with Gasteiger partial charge in [0, 0.05) is 17.6 Å². The highest BCUT2D eigenvalue weighted by atomic mass is 16.5. The number of likely N-dealkylation sites (N-methyl/N-ethyl adjacent to an activating group) is 1. The van der Waals surface area contributed by atoms with Crippen molar-refractivity contribution in [2.45, 2.75) is 18.4 Å². The summed E-state index contributed by atoms with van der Waals surface area (Å²) in [6.07, 6.45) is 1.01. The number of H-pyrrole nitrogens is 1. The molecule has 4 aromatic rings. The van der Waals surface area contributed by atoms with E-state index in [1.807, 2.05) is 30.3 Å². The quantitative estimate of drug-likeness (QED) is 0.467. The third kappa shape index (κ3) is 3.98. The Morgan fingerprint density at radius 3 is 2.39 bits per heavy atom. The summed E-state index contributed by atoms with van der Waals surface area (Å²) in [4.78, 5) is 14.7. The van der Waals surface area contributed by atoms with Gasteiger partial charge < -0.3 is 15.0 Å². The molecule has 0 saturated heterocycles. The molecule has 2 atom stereocenters. The Balaban J connectivity index is 1.62. The predicted octanol–water partition coefficient (Wildman–Crippen LogP) is 4.33. The Morgan fingerprint density at radius 1 is 0.970 bits per heavy atom. The number of nitrogens with zero attached hydrogens (tertiary/aromatic N) is 2. The van der Waals surface area contributed by atoms with Crippen molar-refractivity contribution in [2.75, 3.05) is 33.1 Å². The molecule has 3 aromatic carbocycles. The lowest BCUT2D eigenvalue weighted by molar-refractivity contribution is 0.413. The molecule has 0 radical (unpaired) electrons. The van der Waals surface area contributed by atoms with Crippen molar-refractivity contribution in [3.05, 3.63) is 99.5 Å². The lowest BCUT2D eigenvalue weighted by Gasteiger charge is -2.35. The van der Waals surface area contributed by atoms with Crippen LogP contribution in [0.15, 0.2) is 71.5 Å². The summed E-state index contributed by atoms with van der Waals surface area (Å²) < 4.78 is 5.37. The first-order valence-electron chi connectivity index (χ1n) is 11.2. The fraction of sp³-hybridized carbons (Fsp3) is 0.259. The monoisotopic (exact) mass is 440 g/mol. The summed E-state index contributed by atoms with van der Waals surface area (Å²) in [5.41, 5.74) is 5.25. The van der Waals surface area contributed by atoms with Gasteiger partial charge in [0.2, 0.25) is 0 Å². The van der Waals surface area contributed by atoms with Gasteiger partial charge in [0.1, 0.15) is 5.75 Å². The van der Waals surface area contributed by atoms with Gasteiger partial charge >= 0.3 is 0 Å². The van der Waals surface area contributed by atoms with E-state index in [1.54, 1.807) is 7.11 Å². The molecule has 0 spiro atoms. The normalized spacial score (nSPS) is 17.2. The predicted molar refractivity (Wildman–Crippen MR) is 132 cm³/mol. The fourth-order valence-electron chi connectivity index (χ4n) is 4.68. The highest BCUT2D eigenvalue weighted by Crippen LogP contribution is 2.46. The molecule has 0 amide bonds. The van der Waals surface area contributed by atoms with Crippen LogP contribution in [0.2, 0.25) is 0 Å². The molecule has 168 valence electrons. The maximum atomic E-state index is 12.5. The van der Waals surface area contributed by atoms with Gasteiger partial charge in [0.15, 0.2) is 0 Å². The van der Waals surface area contributed by atoms with Crippen LogP contribution in [0, 0.1) is 0 Å². The molecule has 0 fully saturated rings. The van der Waals surface area contributed by atoms with Gasteiger partial charge in [0.25, 0.3) is 5.56 Å². The van der Waals surface area contributed by atoms with E-state index in [0.717, 1.165) is 41.0 Å². The van der Waals surface area contributed by atoms with Crippen LogP contribution in [0.1, 0.15) is 34.3 Å². The molecule has 6 heteroatoms. The summed E-state index contributed by atoms with van der Waals surface area (Å²) in [5, 5.41) is 12.6. The minimum atomic E-state index is -0.172. The zero-order chi connectivity index (χ0) is 22.9. The first kappa shape index (κ1) is 21.2. The largest absolute Gasteiger partial charge is 0.497 e. The molecule has 6 nitrogen and oxygen atoms in total. The second-order valence-corrected chi connectivity index (χ2v) is 8.83. The summed E-state index contributed by atoms with van der Waals surface area (Å²) in [5.74, 6) is 0.738. The summed E-state index contributed by atoms with van der Waals surface area (Å²) >= 11 is 0. The molecule has 2 heterocycles. The molecule has 0 bridgehead atoms. The van der Waals surface area contributed by atoms with Crippen LogP contribution in [0.4, 0.5) is 5.69 Å². The van der Waals surface area contributed by atoms with Crippen LogP contribution in [-0.2, 0) is 6.42 Å². The minimum Gasteiger partial charge on any atom is -0.497 e. The molecule has 1 aromatic heterocycles. The van der Waals surface area contributed by atoms with Gasteiger partial charge in [-0.15, -0.1) is 0 Å². The van der Waals surface area contributed by atoms with Crippen molar-refractivity contribution < 1.29 is 4.74 Å². The Kier molecular flexibility index (Phi) is 5.60. The smallest absolute Gasteiger partial charge is 0.272 e. The van der Waals surface area contributed by atoms with Gasteiger partial charge in [-0.2, -0.15) is 5.10 Å². The van der Waals surface area contributed by atoms with Crippen LogP contribution < -0.4 is 15.6 Å². The average Bonchev–Trinajstić information content (AvgIpc) is 2.85. The van der Waals surface area contributed by atoms with Crippen molar-refractivity contribution in [3.8, 4) is 5.75 Å². The number of hydrogen-bond donors (Lipinski definition) is 2. The SMILES string of the molecule is COc1ccc(C2c3n[nH]c(=O)c4cccc(c34)NC2c2ccc(CCN(C)C)cc2)cc1. The lowest BCUT2D eigenvalue weighted by Crippen LogP contribution is -2.28. The van der Waals surface area contributed by atoms with Crippen molar-refractivity contribution in [3.63, 3.8) is 0 Å². The number of benzene rings is 3. The Morgan fingerprint density at radius 2 is 1.70 bits per heavy atom. The number of ether oxygens (including phenoxy) is 1. The number of nitrogens with one attached hydrogen (secondary N) is 2. The highest BCUT2D eigenvalue weighted by Gasteiger charge is 2.34. The first-order valence-corrected chi connectivity index (χ1v) is 11.2. The molecule has 1 aliphatic rings. The van der Waals surface area contributed by atoms with Crippen molar-refractivity contribution in [1.82, 2.24) is 15.1 Å². The fourth-order valence-corrected chi connectivity index (χ4v) is 4.68. The molecular formula is C27H28N4O2. The second-order valence-electron chi connectivity index (χ2n) is 8.83. The highest BCUT2D eigenvalue weighted by molar-refractivity contribution is 5.97. The zero-order valence-electron chi connectivity index (χ0n) is 19.1. The van der Waals surface area contributed by atoms with E-state index in [4.69, 9.17) is 4.74 Å². The van der Waals surface area contributed by atoms with Crippen LogP contribution in [0.25, 0.3) is 10.8 Å². The molecule has 0 saturated carbocycles. The molecule has 1 aliphatic heterocycles. The second kappa shape index (κ2) is 8.71. The van der Waals surface area contributed by atoms with Gasteiger partial charge in [-0.05, 0) is 61.5 Å². The first-order chi connectivity index (χ1) is 16.0. The van der Waals surface area contributed by atoms with E-state index >= 15 is 0 Å². The van der Waals surface area contributed by atoms with E-state index in [1.165, 1.54) is 11.1 Å². The number of aromatic amines is 1. The van der Waals surface area contributed by atoms with E-state index in [-0.39, 0.29) is 17.5 Å². The summed E-state index contributed by atoms with van der Waals surface area (Å²) in [6.45, 7) is 1.02. The van der Waals surface area contributed by atoms with Gasteiger partial charge in [-0.3, -0.25) is 4.79 Å². The standard InChI is InChI=1S/C27H28N4O2/c1-31(2)16-15-17-7-9-19(10-8-17)25-23(18-11-13-20(33-3)14-12-18)26-24-21(27(32)30-29-26)5-4-6-22(24)28-25/h4-14,23,25,28H,15-16H2,1-3H3,(H,30,32). The Bertz CT molecular complexity index is 1330. The number of anilines is 1. The molecule has 2 unspecified atom stereocenters. The summed E-state index contributed by atoms with van der Waals surface area (Å²) in [7, 11) is 5.85. The lowest BCUT2D eigenvalue weighted by atomic mass is 9.80. The number of hydrogen-bond acceptors (Lipinski definition) is 5. The van der Waals surface area contributed by atoms with Crippen LogP contribution in [-0.4, -0.2) is 42.8 Å². The maximum absolute atomic E-state index is 12.5. The molecule has 0 aliphatic carbocycles. The van der Waals surface area contributed by atoms with E-state index in [0.29, 0.717) is 5.39 Å². The topological polar surface area (TPSA) is 70.2 Å². The van der Waals surface area contributed by atoms with Crippen molar-refractivity contribution in [1.29, 1.82) is 0 Å². The van der Waals surface area contributed by atoms with Gasteiger partial charge in [-0.1, -0.05) is 42.5 Å². The minimum absolute atomic E-state index is 0.0298. The van der Waals surface area contributed by atoms with E-state index < -0.39 is 0 Å². The van der Waals surface area contributed by atoms with Crippen LogP contribution in [0.3, 0.4) is 0 Å². The van der Waals surface area contributed by atoms with Crippen LogP contribution in [0.5, 0.6) is 5.75 Å². The number of methoxy groups -OCH3 is 1. The number of aromatic nitrogens is 2. The molecule has 5 rings (SSSR count). The van der Waals surface area contributed by atoms with Gasteiger partial charge in [0.05, 0.1) is 30.1 Å². The van der Waals surface area contributed by atoms with Crippen LogP contribution >= 0.6 is 0 Å². The molecular weight excluding hydrogens is 412 g/mol. The number of rotatable bonds is 6. The van der Waals surface area contributed by atoms with Crippen molar-refractivity contribution in [2.24, 2.45) is 0 Å². The third-order valence-electron chi connectivity index (χ3n) is 6.44. The maximum Gasteiger partial charge on any atom is 0.272 e. The molecule has 33 heavy (non-hydrogen) atoms. The van der Waals surface area contributed by atoms with E-state index in [9.17, 15) is 4.79 Å².